The SMILES string of the molecule is CC1NC(C(=O)C(C)(C)C)CNC1C(F)F. The maximum absolute atomic E-state index is 12.5. The Morgan fingerprint density at radius 3 is 2.31 bits per heavy atom. The van der Waals surface area contributed by atoms with Gasteiger partial charge in [0.05, 0.1) is 12.1 Å². The minimum Gasteiger partial charge on any atom is -0.306 e. The van der Waals surface area contributed by atoms with Gasteiger partial charge < -0.3 is 10.6 Å². The van der Waals surface area contributed by atoms with Crippen molar-refractivity contribution in [2.24, 2.45) is 5.41 Å². The maximum atomic E-state index is 12.5. The van der Waals surface area contributed by atoms with Crippen LogP contribution in [0.2, 0.25) is 0 Å². The molecule has 1 saturated heterocycles. The summed E-state index contributed by atoms with van der Waals surface area (Å²) in [4.78, 5) is 12.0. The van der Waals surface area contributed by atoms with Crippen LogP contribution in [0.5, 0.6) is 0 Å². The lowest BCUT2D eigenvalue weighted by Gasteiger charge is -2.37. The molecule has 3 atom stereocenters. The molecule has 1 aliphatic rings. The Kier molecular flexibility index (Phi) is 4.02. The largest absolute Gasteiger partial charge is 0.306 e. The Hall–Kier alpha value is -0.550. The van der Waals surface area contributed by atoms with Crippen molar-refractivity contribution in [3.63, 3.8) is 0 Å². The van der Waals surface area contributed by atoms with Crippen LogP contribution >= 0.6 is 0 Å². The fraction of sp³-hybridized carbons (Fsp3) is 0.909. The molecule has 1 aliphatic heterocycles. The van der Waals surface area contributed by atoms with Gasteiger partial charge in [-0.15, -0.1) is 0 Å². The smallest absolute Gasteiger partial charge is 0.255 e. The summed E-state index contributed by atoms with van der Waals surface area (Å²) in [5.74, 6) is 0.0552. The molecule has 16 heavy (non-hydrogen) atoms. The fourth-order valence-electron chi connectivity index (χ4n) is 1.91. The van der Waals surface area contributed by atoms with E-state index in [4.69, 9.17) is 0 Å². The molecule has 5 heteroatoms. The van der Waals surface area contributed by atoms with Gasteiger partial charge in [-0.25, -0.2) is 8.78 Å². The van der Waals surface area contributed by atoms with Gasteiger partial charge in [0.15, 0.2) is 5.78 Å². The Labute approximate surface area is 95.0 Å². The number of piperazine rings is 1. The summed E-state index contributed by atoms with van der Waals surface area (Å²) in [6.45, 7) is 7.45. The number of hydrogen-bond acceptors (Lipinski definition) is 3. The molecule has 0 bridgehead atoms. The third-order valence-electron chi connectivity index (χ3n) is 2.89. The van der Waals surface area contributed by atoms with E-state index in [1.54, 1.807) is 6.92 Å². The van der Waals surface area contributed by atoms with E-state index in [0.717, 1.165) is 0 Å². The third kappa shape index (κ3) is 2.98. The number of carbonyl (C=O) groups excluding carboxylic acids is 1. The molecule has 1 rings (SSSR count). The first-order valence-corrected chi connectivity index (χ1v) is 5.55. The zero-order valence-electron chi connectivity index (χ0n) is 10.2. The predicted octanol–water partition coefficient (Wildman–Crippen LogP) is 1.19. The fourth-order valence-corrected chi connectivity index (χ4v) is 1.91. The van der Waals surface area contributed by atoms with Crippen molar-refractivity contribution in [1.82, 2.24) is 10.6 Å². The van der Waals surface area contributed by atoms with Crippen LogP contribution in [0.4, 0.5) is 8.78 Å². The van der Waals surface area contributed by atoms with Gasteiger partial charge in [0.25, 0.3) is 6.43 Å². The van der Waals surface area contributed by atoms with E-state index < -0.39 is 23.9 Å². The number of hydrogen-bond donors (Lipinski definition) is 2. The molecule has 0 radical (unpaired) electrons. The van der Waals surface area contributed by atoms with Gasteiger partial charge in [-0.2, -0.15) is 0 Å². The molecule has 0 aliphatic carbocycles. The lowest BCUT2D eigenvalue weighted by atomic mass is 9.85. The molecular weight excluding hydrogens is 214 g/mol. The highest BCUT2D eigenvalue weighted by Gasteiger charge is 2.38. The van der Waals surface area contributed by atoms with E-state index in [1.807, 2.05) is 20.8 Å². The number of rotatable bonds is 2. The summed E-state index contributed by atoms with van der Waals surface area (Å²) in [6.07, 6.45) is -2.41. The van der Waals surface area contributed by atoms with Crippen LogP contribution < -0.4 is 10.6 Å². The summed E-state index contributed by atoms with van der Waals surface area (Å²) < 4.78 is 25.1. The van der Waals surface area contributed by atoms with Crippen molar-refractivity contribution >= 4 is 5.78 Å². The van der Waals surface area contributed by atoms with Crippen molar-refractivity contribution < 1.29 is 13.6 Å². The first-order chi connectivity index (χ1) is 7.23. The van der Waals surface area contributed by atoms with Gasteiger partial charge in [-0.3, -0.25) is 4.79 Å². The van der Waals surface area contributed by atoms with Crippen LogP contribution in [-0.4, -0.2) is 36.9 Å². The topological polar surface area (TPSA) is 41.1 Å². The van der Waals surface area contributed by atoms with Gasteiger partial charge in [0.2, 0.25) is 0 Å². The van der Waals surface area contributed by atoms with Crippen LogP contribution in [0, 0.1) is 5.41 Å². The maximum Gasteiger partial charge on any atom is 0.255 e. The Balaban J connectivity index is 2.62. The molecule has 3 nitrogen and oxygen atoms in total. The number of carbonyl (C=O) groups is 1. The van der Waals surface area contributed by atoms with Crippen molar-refractivity contribution in [2.45, 2.75) is 52.2 Å². The molecule has 2 N–H and O–H groups in total. The van der Waals surface area contributed by atoms with Crippen LogP contribution in [0.3, 0.4) is 0 Å². The van der Waals surface area contributed by atoms with Gasteiger partial charge in [0, 0.05) is 18.0 Å². The predicted molar refractivity (Wildman–Crippen MR) is 58.6 cm³/mol. The Morgan fingerprint density at radius 2 is 1.94 bits per heavy atom. The van der Waals surface area contributed by atoms with Crippen molar-refractivity contribution in [1.29, 1.82) is 0 Å². The molecule has 0 saturated carbocycles. The molecule has 0 aromatic rings. The highest BCUT2D eigenvalue weighted by molar-refractivity contribution is 5.89. The standard InChI is InChI=1S/C11H20F2N2O/c1-6-8(10(12)13)14-5-7(15-6)9(16)11(2,3)4/h6-8,10,14-15H,5H2,1-4H3. The quantitative estimate of drug-likeness (QED) is 0.754. The average molecular weight is 234 g/mol. The number of Topliss-reactive ketones (excluding diaryl/α,β-unsaturated/α-hetero) is 1. The number of ketones is 1. The van der Waals surface area contributed by atoms with Gasteiger partial charge >= 0.3 is 0 Å². The number of nitrogens with one attached hydrogen (secondary N) is 2. The zero-order valence-corrected chi connectivity index (χ0v) is 10.2. The third-order valence-corrected chi connectivity index (χ3v) is 2.89. The summed E-state index contributed by atoms with van der Waals surface area (Å²) in [6, 6.07) is -1.64. The second kappa shape index (κ2) is 4.75. The van der Waals surface area contributed by atoms with E-state index in [1.165, 1.54) is 0 Å². The number of halogens is 2. The second-order valence-electron chi connectivity index (χ2n) is 5.39. The summed E-state index contributed by atoms with van der Waals surface area (Å²) >= 11 is 0. The average Bonchev–Trinajstić information content (AvgIpc) is 2.14. The zero-order chi connectivity index (χ0) is 12.5. The molecule has 0 amide bonds. The summed E-state index contributed by atoms with van der Waals surface area (Å²) in [5.41, 5.74) is -0.448. The second-order valence-corrected chi connectivity index (χ2v) is 5.39. The van der Waals surface area contributed by atoms with Crippen molar-refractivity contribution in [3.8, 4) is 0 Å². The molecule has 94 valence electrons. The molecule has 0 aromatic heterocycles. The van der Waals surface area contributed by atoms with Crippen LogP contribution in [0.15, 0.2) is 0 Å². The number of alkyl halides is 2. The van der Waals surface area contributed by atoms with Crippen molar-refractivity contribution in [3.05, 3.63) is 0 Å². The Bertz CT molecular complexity index is 263. The van der Waals surface area contributed by atoms with Crippen LogP contribution in [-0.2, 0) is 4.79 Å². The van der Waals surface area contributed by atoms with Gasteiger partial charge in [0.1, 0.15) is 0 Å². The molecular formula is C11H20F2N2O. The minimum atomic E-state index is -2.41. The first-order valence-electron chi connectivity index (χ1n) is 5.55. The Morgan fingerprint density at radius 1 is 1.38 bits per heavy atom. The highest BCUT2D eigenvalue weighted by atomic mass is 19.3. The molecule has 0 aromatic carbocycles. The minimum absolute atomic E-state index is 0.0552. The first kappa shape index (κ1) is 13.5. The van der Waals surface area contributed by atoms with E-state index in [-0.39, 0.29) is 18.4 Å². The monoisotopic (exact) mass is 234 g/mol. The molecule has 3 unspecified atom stereocenters. The normalized spacial score (nSPS) is 31.8. The highest BCUT2D eigenvalue weighted by Crippen LogP contribution is 2.19. The lowest BCUT2D eigenvalue weighted by molar-refractivity contribution is -0.129. The molecule has 1 fully saturated rings. The van der Waals surface area contributed by atoms with Gasteiger partial charge in [-0.05, 0) is 6.92 Å². The van der Waals surface area contributed by atoms with Crippen LogP contribution in [0.25, 0.3) is 0 Å². The summed E-state index contributed by atoms with van der Waals surface area (Å²) in [5, 5.41) is 5.70. The summed E-state index contributed by atoms with van der Waals surface area (Å²) in [7, 11) is 0. The van der Waals surface area contributed by atoms with E-state index in [0.29, 0.717) is 0 Å². The van der Waals surface area contributed by atoms with E-state index >= 15 is 0 Å². The molecule has 1 heterocycles. The van der Waals surface area contributed by atoms with E-state index in [9.17, 15) is 13.6 Å². The lowest BCUT2D eigenvalue weighted by Crippen LogP contribution is -2.65. The van der Waals surface area contributed by atoms with Crippen molar-refractivity contribution in [2.75, 3.05) is 6.54 Å². The van der Waals surface area contributed by atoms with Crippen LogP contribution in [0.1, 0.15) is 27.7 Å². The van der Waals surface area contributed by atoms with Gasteiger partial charge in [-0.1, -0.05) is 20.8 Å². The molecule has 0 spiro atoms. The van der Waals surface area contributed by atoms with E-state index in [2.05, 4.69) is 10.6 Å².